The lowest BCUT2D eigenvalue weighted by Crippen LogP contribution is -2.07. The second-order valence-electron chi connectivity index (χ2n) is 12.8. The Hall–Kier alpha value is -5.33. The van der Waals surface area contributed by atoms with Crippen molar-refractivity contribution >= 4 is 49.2 Å². The van der Waals surface area contributed by atoms with Crippen molar-refractivity contribution in [2.45, 2.75) is 46.8 Å². The third kappa shape index (κ3) is 10.9. The molecule has 6 nitrogen and oxygen atoms in total. The van der Waals surface area contributed by atoms with Crippen LogP contribution in [0, 0.1) is 30.2 Å². The minimum absolute atomic E-state index is 0.0108. The van der Waals surface area contributed by atoms with Gasteiger partial charge >= 0.3 is 0 Å². The number of hydrogen-bond acceptors (Lipinski definition) is 5. The van der Waals surface area contributed by atoms with Gasteiger partial charge in [-0.1, -0.05) is 31.9 Å². The minimum atomic E-state index is -0.712. The summed E-state index contributed by atoms with van der Waals surface area (Å²) in [6, 6.07) is 28.5. The Balaban J connectivity index is 0.000000224. The van der Waals surface area contributed by atoms with E-state index in [1.165, 1.54) is 32.0 Å². The lowest BCUT2D eigenvalue weighted by atomic mass is 10.0. The average Bonchev–Trinajstić information content (AvgIpc) is 3.55. The third-order valence-corrected chi connectivity index (χ3v) is 9.55. The van der Waals surface area contributed by atoms with E-state index in [-0.39, 0.29) is 60.3 Å². The van der Waals surface area contributed by atoms with Crippen LogP contribution in [-0.4, -0.2) is 21.9 Å². The number of nitrogens with zero attached hydrogens (tertiary/aromatic N) is 1. The number of ketones is 3. The lowest BCUT2D eigenvalue weighted by molar-refractivity contribution is -0.117. The number of carbonyl (C=O) groups excluding carboxylic acids is 3. The number of aryl methyl sites for hydroxylation is 1. The molecule has 0 aliphatic heterocycles. The second kappa shape index (κ2) is 19.0. The molecule has 0 saturated carbocycles. The summed E-state index contributed by atoms with van der Waals surface area (Å²) in [5.41, 5.74) is 5.02. The monoisotopic (exact) mass is 891 g/mol. The van der Waals surface area contributed by atoms with Crippen molar-refractivity contribution in [1.29, 1.82) is 0 Å². The SMILES string of the molecule is CC(=O)CCC(=O)c1cc(Br)ccc1OCc1ccc(F)cc1F.CC(=O)c1ccc(-n2c(C)ccc2-c2cc(Br)ccc2OCc2ccc(F)cc2F)cc1. The molecule has 1 heterocycles. The van der Waals surface area contributed by atoms with Crippen LogP contribution in [-0.2, 0) is 18.0 Å². The number of halogens is 6. The van der Waals surface area contributed by atoms with E-state index in [1.54, 1.807) is 30.3 Å². The summed E-state index contributed by atoms with van der Waals surface area (Å²) in [5, 5.41) is 0. The van der Waals surface area contributed by atoms with Gasteiger partial charge < -0.3 is 18.8 Å². The van der Waals surface area contributed by atoms with Crippen LogP contribution in [0.3, 0.4) is 0 Å². The van der Waals surface area contributed by atoms with Crippen LogP contribution in [0.15, 0.2) is 118 Å². The molecular formula is C44H35Br2F4NO5. The molecule has 6 aromatic rings. The maximum absolute atomic E-state index is 14.1. The smallest absolute Gasteiger partial charge is 0.167 e. The molecule has 12 heteroatoms. The predicted octanol–water partition coefficient (Wildman–Crippen LogP) is 12.1. The molecule has 1 aromatic heterocycles. The fourth-order valence-electron chi connectivity index (χ4n) is 5.62. The van der Waals surface area contributed by atoms with Crippen molar-refractivity contribution in [3.05, 3.63) is 169 Å². The van der Waals surface area contributed by atoms with Gasteiger partial charge in [-0.25, -0.2) is 17.6 Å². The van der Waals surface area contributed by atoms with Crippen LogP contribution in [0.2, 0.25) is 0 Å². The maximum atomic E-state index is 14.1. The molecule has 0 spiro atoms. The van der Waals surface area contributed by atoms with Crippen molar-refractivity contribution in [2.75, 3.05) is 0 Å². The maximum Gasteiger partial charge on any atom is 0.167 e. The molecule has 0 aliphatic rings. The van der Waals surface area contributed by atoms with Gasteiger partial charge in [0.25, 0.3) is 0 Å². The molecule has 288 valence electrons. The third-order valence-electron chi connectivity index (χ3n) is 8.57. The first-order valence-electron chi connectivity index (χ1n) is 17.3. The Morgan fingerprint density at radius 2 is 1.18 bits per heavy atom. The van der Waals surface area contributed by atoms with Crippen molar-refractivity contribution < 1.29 is 41.4 Å². The Bertz CT molecular complexity index is 2390. The average molecular weight is 894 g/mol. The molecule has 0 aliphatic carbocycles. The van der Waals surface area contributed by atoms with Gasteiger partial charge in [0.15, 0.2) is 11.6 Å². The molecule has 0 N–H and O–H groups in total. The van der Waals surface area contributed by atoms with Gasteiger partial charge in [-0.2, -0.15) is 0 Å². The number of benzene rings is 5. The summed E-state index contributed by atoms with van der Waals surface area (Å²) in [6.07, 6.45) is 0.227. The summed E-state index contributed by atoms with van der Waals surface area (Å²) < 4.78 is 69.0. The van der Waals surface area contributed by atoms with Gasteiger partial charge in [-0.3, -0.25) is 9.59 Å². The summed E-state index contributed by atoms with van der Waals surface area (Å²) in [5.74, 6) is -2.09. The van der Waals surface area contributed by atoms with E-state index < -0.39 is 23.3 Å². The summed E-state index contributed by atoms with van der Waals surface area (Å²) in [7, 11) is 0. The fourth-order valence-corrected chi connectivity index (χ4v) is 6.35. The molecule has 0 saturated heterocycles. The highest BCUT2D eigenvalue weighted by atomic mass is 79.9. The summed E-state index contributed by atoms with van der Waals surface area (Å²) >= 11 is 6.80. The Kier molecular flexibility index (Phi) is 14.2. The zero-order chi connectivity index (χ0) is 40.5. The highest BCUT2D eigenvalue weighted by Crippen LogP contribution is 2.36. The lowest BCUT2D eigenvalue weighted by Gasteiger charge is -2.16. The van der Waals surface area contributed by atoms with Gasteiger partial charge in [0.2, 0.25) is 0 Å². The van der Waals surface area contributed by atoms with Crippen LogP contribution in [0.5, 0.6) is 11.5 Å². The van der Waals surface area contributed by atoms with E-state index in [4.69, 9.17) is 9.47 Å². The number of carbonyl (C=O) groups is 3. The Labute approximate surface area is 338 Å². The standard InChI is InChI=1S/C26H20BrF2NO2.C18H15BrF2O3/c1-16-3-11-25(30(16)22-9-5-18(6-10-22)17(2)31)23-13-20(27)7-12-26(23)32-15-19-4-8-21(28)14-24(19)29;1-11(22)2-6-17(23)15-8-13(19)4-7-18(15)24-10-12-3-5-14(20)9-16(12)21/h3-14H,15H2,1-2H3;3-5,7-9H,2,6,10H2,1H3. The highest BCUT2D eigenvalue weighted by molar-refractivity contribution is 9.10. The van der Waals surface area contributed by atoms with Crippen molar-refractivity contribution in [3.63, 3.8) is 0 Å². The molecule has 6 rings (SSSR count). The van der Waals surface area contributed by atoms with E-state index in [0.29, 0.717) is 21.3 Å². The molecule has 56 heavy (non-hydrogen) atoms. The molecule has 5 aromatic carbocycles. The molecule has 0 radical (unpaired) electrons. The Morgan fingerprint density at radius 1 is 0.625 bits per heavy atom. The van der Waals surface area contributed by atoms with Gasteiger partial charge in [-0.05, 0) is 118 Å². The zero-order valence-electron chi connectivity index (χ0n) is 30.5. The molecule has 0 unspecified atom stereocenters. The van der Waals surface area contributed by atoms with Crippen LogP contribution >= 0.6 is 31.9 Å². The first-order chi connectivity index (χ1) is 26.7. The molecular weight excluding hydrogens is 858 g/mol. The Morgan fingerprint density at radius 3 is 1.73 bits per heavy atom. The zero-order valence-corrected chi connectivity index (χ0v) is 33.6. The van der Waals surface area contributed by atoms with Crippen LogP contribution < -0.4 is 9.47 Å². The highest BCUT2D eigenvalue weighted by Gasteiger charge is 2.17. The van der Waals surface area contributed by atoms with Crippen molar-refractivity contribution in [1.82, 2.24) is 4.57 Å². The summed E-state index contributed by atoms with van der Waals surface area (Å²) in [4.78, 5) is 34.9. The quantitative estimate of drug-likeness (QED) is 0.0853. The number of ether oxygens (including phenoxy) is 2. The fraction of sp³-hybridized carbons (Fsp3) is 0.159. The molecule has 0 amide bonds. The van der Waals surface area contributed by atoms with E-state index in [2.05, 4.69) is 36.4 Å². The molecule has 0 fully saturated rings. The van der Waals surface area contributed by atoms with E-state index in [1.807, 2.05) is 49.4 Å². The predicted molar refractivity (Wildman–Crippen MR) is 213 cm³/mol. The van der Waals surface area contributed by atoms with Crippen LogP contribution in [0.4, 0.5) is 17.6 Å². The van der Waals surface area contributed by atoms with E-state index in [0.717, 1.165) is 45.3 Å². The van der Waals surface area contributed by atoms with Gasteiger partial charge in [0.1, 0.15) is 53.8 Å². The van der Waals surface area contributed by atoms with Crippen molar-refractivity contribution in [3.8, 4) is 28.4 Å². The number of Topliss-reactive ketones (excluding diaryl/α,β-unsaturated/α-hetero) is 3. The number of hydrogen-bond donors (Lipinski definition) is 0. The van der Waals surface area contributed by atoms with Crippen LogP contribution in [0.25, 0.3) is 16.9 Å². The van der Waals surface area contributed by atoms with Gasteiger partial charge in [0.05, 0.1) is 11.3 Å². The normalized spacial score (nSPS) is 10.7. The largest absolute Gasteiger partial charge is 0.488 e. The first-order valence-corrected chi connectivity index (χ1v) is 18.8. The molecule has 0 bridgehead atoms. The van der Waals surface area contributed by atoms with Crippen LogP contribution in [0.1, 0.15) is 64.2 Å². The van der Waals surface area contributed by atoms with Gasteiger partial charge in [0, 0.05) is 67.6 Å². The second-order valence-corrected chi connectivity index (χ2v) is 14.6. The molecule has 0 atom stereocenters. The van der Waals surface area contributed by atoms with Crippen molar-refractivity contribution in [2.24, 2.45) is 0 Å². The minimum Gasteiger partial charge on any atom is -0.488 e. The summed E-state index contributed by atoms with van der Waals surface area (Å²) in [6.45, 7) is 4.78. The topological polar surface area (TPSA) is 74.6 Å². The van der Waals surface area contributed by atoms with E-state index in [9.17, 15) is 31.9 Å². The number of aromatic nitrogens is 1. The van der Waals surface area contributed by atoms with Gasteiger partial charge in [-0.15, -0.1) is 0 Å². The van der Waals surface area contributed by atoms with E-state index >= 15 is 0 Å². The first kappa shape index (κ1) is 41.8. The number of rotatable bonds is 13.